The number of sulfone groups is 1. The highest BCUT2D eigenvalue weighted by molar-refractivity contribution is 7.91. The molecule has 0 N–H and O–H groups in total. The summed E-state index contributed by atoms with van der Waals surface area (Å²) in [6.07, 6.45) is 3.80. The average Bonchev–Trinajstić information content (AvgIpc) is 3.38. The smallest absolute Gasteiger partial charge is 0.255 e. The van der Waals surface area contributed by atoms with Crippen molar-refractivity contribution in [1.29, 1.82) is 0 Å². The van der Waals surface area contributed by atoms with Crippen molar-refractivity contribution in [3.8, 4) is 16.8 Å². The van der Waals surface area contributed by atoms with Gasteiger partial charge >= 0.3 is 0 Å². The number of aromatic nitrogens is 2. The number of carbonyl (C=O) groups excluding carboxylic acids is 1. The molecule has 0 bridgehead atoms. The predicted octanol–water partition coefficient (Wildman–Crippen LogP) is 6.10. The Balaban J connectivity index is 1.50. The molecule has 0 spiro atoms. The molecule has 3 aromatic carbocycles. The number of rotatable bonds is 5. The summed E-state index contributed by atoms with van der Waals surface area (Å²) in [5.74, 6) is -0.111. The van der Waals surface area contributed by atoms with Crippen LogP contribution in [0.4, 0.5) is 5.69 Å². The van der Waals surface area contributed by atoms with Crippen LogP contribution in [0.2, 0.25) is 0 Å². The number of nitrogens with zero attached hydrogens (tertiary/aromatic N) is 3. The van der Waals surface area contributed by atoms with E-state index >= 15 is 0 Å². The number of hydrogen-bond donors (Lipinski definition) is 0. The van der Waals surface area contributed by atoms with Crippen molar-refractivity contribution in [2.75, 3.05) is 17.2 Å². The average molecular weight is 578 g/mol. The highest BCUT2D eigenvalue weighted by Gasteiger charge is 2.25. The summed E-state index contributed by atoms with van der Waals surface area (Å²) in [4.78, 5) is 32.5. The van der Waals surface area contributed by atoms with E-state index in [9.17, 15) is 18.0 Å². The lowest BCUT2D eigenvalue weighted by molar-refractivity contribution is -0.114. The maximum atomic E-state index is 13.4. The highest BCUT2D eigenvalue weighted by atomic mass is 32.2. The van der Waals surface area contributed by atoms with Crippen molar-refractivity contribution in [2.24, 2.45) is 5.41 Å². The van der Waals surface area contributed by atoms with E-state index in [0.29, 0.717) is 22.6 Å². The molecule has 0 fully saturated rings. The highest BCUT2D eigenvalue weighted by Crippen LogP contribution is 2.34. The van der Waals surface area contributed by atoms with Gasteiger partial charge in [-0.2, -0.15) is 0 Å². The first-order valence-electron chi connectivity index (χ1n) is 13.8. The van der Waals surface area contributed by atoms with Crippen LogP contribution in [0.25, 0.3) is 38.6 Å². The Bertz CT molecular complexity index is 2070. The molecule has 3 heterocycles. The van der Waals surface area contributed by atoms with E-state index in [2.05, 4.69) is 11.6 Å². The first kappa shape index (κ1) is 27.6. The van der Waals surface area contributed by atoms with Crippen LogP contribution in [-0.2, 0) is 21.1 Å². The molecule has 6 rings (SSSR count). The monoisotopic (exact) mass is 577 g/mol. The molecule has 0 unspecified atom stereocenters. The summed E-state index contributed by atoms with van der Waals surface area (Å²) < 4.78 is 27.5. The van der Waals surface area contributed by atoms with Crippen LogP contribution in [0.3, 0.4) is 0 Å². The van der Waals surface area contributed by atoms with E-state index in [-0.39, 0.29) is 22.6 Å². The van der Waals surface area contributed by atoms with E-state index in [1.807, 2.05) is 69.3 Å². The molecule has 0 aliphatic carbocycles. The van der Waals surface area contributed by atoms with Gasteiger partial charge in [0.1, 0.15) is 0 Å². The number of carbonyl (C=O) groups is 1. The normalized spacial score (nSPS) is 13.5. The van der Waals surface area contributed by atoms with Crippen molar-refractivity contribution in [3.63, 3.8) is 0 Å². The maximum Gasteiger partial charge on any atom is 0.255 e. The van der Waals surface area contributed by atoms with E-state index < -0.39 is 9.84 Å². The molecular formula is C34H31N3O4S. The van der Waals surface area contributed by atoms with Gasteiger partial charge in [0.2, 0.25) is 5.91 Å². The molecule has 7 nitrogen and oxygen atoms in total. The van der Waals surface area contributed by atoms with Crippen LogP contribution in [0.5, 0.6) is 0 Å². The van der Waals surface area contributed by atoms with E-state index in [1.54, 1.807) is 33.9 Å². The van der Waals surface area contributed by atoms with E-state index in [4.69, 9.17) is 0 Å². The number of pyridine rings is 2. The summed E-state index contributed by atoms with van der Waals surface area (Å²) in [5.41, 5.74) is 5.08. The zero-order valence-corrected chi connectivity index (χ0v) is 24.6. The first-order valence-corrected chi connectivity index (χ1v) is 15.5. The van der Waals surface area contributed by atoms with Crippen LogP contribution in [0, 0.1) is 5.41 Å². The quantitative estimate of drug-likeness (QED) is 0.186. The van der Waals surface area contributed by atoms with Gasteiger partial charge < -0.3 is 4.90 Å². The summed E-state index contributed by atoms with van der Waals surface area (Å²) in [6.45, 7) is 9.92. The molecule has 2 aromatic heterocycles. The Kier molecular flexibility index (Phi) is 6.61. The van der Waals surface area contributed by atoms with Gasteiger partial charge in [-0.25, -0.2) is 8.42 Å². The molecule has 0 saturated heterocycles. The molecule has 42 heavy (non-hydrogen) atoms. The van der Waals surface area contributed by atoms with Gasteiger partial charge in [0.25, 0.3) is 5.56 Å². The first-order chi connectivity index (χ1) is 19.9. The Morgan fingerprint density at radius 2 is 1.71 bits per heavy atom. The van der Waals surface area contributed by atoms with Gasteiger partial charge in [0, 0.05) is 35.3 Å². The summed E-state index contributed by atoms with van der Waals surface area (Å²) in [6, 6.07) is 21.8. The number of amides is 1. The lowest BCUT2D eigenvalue weighted by Gasteiger charge is -2.18. The molecule has 5 aromatic rings. The standard InChI is InChI=1S/C34H31N3O4S/c1-5-31(38)36-17-16-23-6-11-26(19-30(23)36)37-32(39)15-10-25-20-35-29-14-9-24(18-28(29)33(25)37)22-7-12-27(13-8-22)42(40,41)21-34(2,3)4/h5-15,18-20H,1,16-17,21H2,2-4H3. The molecule has 212 valence electrons. The third-order valence-corrected chi connectivity index (χ3v) is 9.79. The lowest BCUT2D eigenvalue weighted by atomic mass is 10.0. The fraction of sp³-hybridized carbons (Fsp3) is 0.206. The van der Waals surface area contributed by atoms with Crippen LogP contribution in [-0.4, -0.2) is 36.2 Å². The van der Waals surface area contributed by atoms with Crippen molar-refractivity contribution >= 4 is 43.2 Å². The van der Waals surface area contributed by atoms with Crippen LogP contribution in [0.15, 0.2) is 101 Å². The third-order valence-electron chi connectivity index (χ3n) is 7.55. The Morgan fingerprint density at radius 1 is 0.976 bits per heavy atom. The maximum absolute atomic E-state index is 13.4. The predicted molar refractivity (Wildman–Crippen MR) is 168 cm³/mol. The molecule has 8 heteroatoms. The second-order valence-corrected chi connectivity index (χ2v) is 13.9. The van der Waals surface area contributed by atoms with Gasteiger partial charge in [0.05, 0.1) is 27.4 Å². The summed E-state index contributed by atoms with van der Waals surface area (Å²) in [7, 11) is -3.42. The zero-order chi connectivity index (χ0) is 29.8. The number of benzene rings is 3. The van der Waals surface area contributed by atoms with Crippen LogP contribution in [0.1, 0.15) is 26.3 Å². The van der Waals surface area contributed by atoms with E-state index in [0.717, 1.165) is 45.1 Å². The molecule has 1 amide bonds. The number of hydrogen-bond acceptors (Lipinski definition) is 5. The summed E-state index contributed by atoms with van der Waals surface area (Å²) in [5, 5.41) is 1.58. The van der Waals surface area contributed by atoms with Gasteiger partial charge in [-0.05, 0) is 77.1 Å². The minimum Gasteiger partial charge on any atom is -0.308 e. The Morgan fingerprint density at radius 3 is 2.43 bits per heavy atom. The SMILES string of the molecule is C=CC(=O)N1CCc2ccc(-n3c(=O)ccc4cnc5ccc(-c6ccc(S(=O)(=O)CC(C)(C)C)cc6)cc5c43)cc21. The van der Waals surface area contributed by atoms with Crippen LogP contribution < -0.4 is 10.5 Å². The van der Waals surface area contributed by atoms with Gasteiger partial charge in [0.15, 0.2) is 9.84 Å². The molecule has 0 atom stereocenters. The second-order valence-electron chi connectivity index (χ2n) is 11.9. The molecule has 0 saturated carbocycles. The second kappa shape index (κ2) is 10.1. The Hall–Kier alpha value is -4.56. The van der Waals surface area contributed by atoms with Gasteiger partial charge in [-0.3, -0.25) is 19.1 Å². The minimum absolute atomic E-state index is 0.0622. The zero-order valence-electron chi connectivity index (χ0n) is 23.8. The Labute approximate surface area is 244 Å². The van der Waals surface area contributed by atoms with Crippen LogP contribution >= 0.6 is 0 Å². The largest absolute Gasteiger partial charge is 0.308 e. The van der Waals surface area contributed by atoms with Gasteiger partial charge in [-0.15, -0.1) is 0 Å². The fourth-order valence-electron chi connectivity index (χ4n) is 5.70. The number of anilines is 1. The lowest BCUT2D eigenvalue weighted by Crippen LogP contribution is -2.27. The molecule has 1 aliphatic rings. The molecule has 1 aliphatic heterocycles. The topological polar surface area (TPSA) is 89.3 Å². The van der Waals surface area contributed by atoms with Crippen molar-refractivity contribution in [2.45, 2.75) is 32.1 Å². The molecular weight excluding hydrogens is 546 g/mol. The van der Waals surface area contributed by atoms with E-state index in [1.165, 1.54) is 12.1 Å². The molecule has 0 radical (unpaired) electrons. The third kappa shape index (κ3) is 4.92. The number of fused-ring (bicyclic) bond motifs is 4. The summed E-state index contributed by atoms with van der Waals surface area (Å²) >= 11 is 0. The van der Waals surface area contributed by atoms with Crippen molar-refractivity contribution < 1.29 is 13.2 Å². The minimum atomic E-state index is -3.42. The van der Waals surface area contributed by atoms with Crippen molar-refractivity contribution in [1.82, 2.24) is 9.55 Å². The fourth-order valence-corrected chi connectivity index (χ4v) is 7.56. The van der Waals surface area contributed by atoms with Crippen molar-refractivity contribution in [3.05, 3.63) is 108 Å². The van der Waals surface area contributed by atoms with Gasteiger partial charge in [-0.1, -0.05) is 51.6 Å².